The Kier molecular flexibility index (Phi) is 4.28. The number of benzene rings is 2. The predicted molar refractivity (Wildman–Crippen MR) is 90.4 cm³/mol. The van der Waals surface area contributed by atoms with Crippen molar-refractivity contribution in [2.24, 2.45) is 0 Å². The number of urea groups is 1. The van der Waals surface area contributed by atoms with Crippen molar-refractivity contribution >= 4 is 22.7 Å². The van der Waals surface area contributed by atoms with Crippen molar-refractivity contribution in [3.05, 3.63) is 59.8 Å². The van der Waals surface area contributed by atoms with Gasteiger partial charge in [0.25, 0.3) is 0 Å². The van der Waals surface area contributed by atoms with Crippen LogP contribution in [0.15, 0.2) is 53.1 Å². The lowest BCUT2D eigenvalue weighted by Crippen LogP contribution is -2.28. The van der Waals surface area contributed by atoms with Gasteiger partial charge in [0.15, 0.2) is 5.58 Å². The molecule has 0 saturated carbocycles. The molecule has 0 spiro atoms. The van der Waals surface area contributed by atoms with Gasteiger partial charge in [-0.2, -0.15) is 0 Å². The Morgan fingerprint density at radius 1 is 1.13 bits per heavy atom. The van der Waals surface area contributed by atoms with Gasteiger partial charge in [0.1, 0.15) is 5.69 Å². The molecule has 2 aromatic carbocycles. The highest BCUT2D eigenvalue weighted by atomic mass is 16.5. The number of carbonyl (C=O) groups is 1. The average Bonchev–Trinajstić information content (AvgIpc) is 2.97. The van der Waals surface area contributed by atoms with Gasteiger partial charge in [-0.1, -0.05) is 43.3 Å². The number of hydrogen-bond donors (Lipinski definition) is 2. The van der Waals surface area contributed by atoms with Crippen LogP contribution in [-0.4, -0.2) is 11.2 Å². The fourth-order valence-electron chi connectivity index (χ4n) is 2.36. The zero-order chi connectivity index (χ0) is 16.2. The number of rotatable bonds is 4. The molecule has 0 aliphatic carbocycles. The summed E-state index contributed by atoms with van der Waals surface area (Å²) >= 11 is 0. The smallest absolute Gasteiger partial charge is 0.319 e. The summed E-state index contributed by atoms with van der Waals surface area (Å²) in [6.07, 6.45) is 0. The molecule has 0 bridgehead atoms. The molecule has 0 unspecified atom stereocenters. The highest BCUT2D eigenvalue weighted by Gasteiger charge is 2.09. The fourth-order valence-corrected chi connectivity index (χ4v) is 2.36. The van der Waals surface area contributed by atoms with Gasteiger partial charge in [0.2, 0.25) is 0 Å². The third kappa shape index (κ3) is 3.51. The average molecular weight is 309 g/mol. The summed E-state index contributed by atoms with van der Waals surface area (Å²) in [6.45, 7) is 4.59. The molecule has 0 fully saturated rings. The molecule has 0 saturated heterocycles. The normalized spacial score (nSPS) is 10.9. The lowest BCUT2D eigenvalue weighted by atomic mass is 10.0. The summed E-state index contributed by atoms with van der Waals surface area (Å²) in [4.78, 5) is 12.0. The number of nitrogens with zero attached hydrogens (tertiary/aromatic N) is 1. The van der Waals surface area contributed by atoms with E-state index in [0.717, 1.165) is 11.1 Å². The van der Waals surface area contributed by atoms with Gasteiger partial charge in [-0.05, 0) is 35.7 Å². The zero-order valence-electron chi connectivity index (χ0n) is 13.2. The molecule has 2 N–H and O–H groups in total. The highest BCUT2D eigenvalue weighted by molar-refractivity contribution is 5.89. The molecule has 3 aromatic rings. The van der Waals surface area contributed by atoms with E-state index in [2.05, 4.69) is 29.6 Å². The second-order valence-electron chi connectivity index (χ2n) is 5.71. The molecule has 0 aliphatic heterocycles. The van der Waals surface area contributed by atoms with E-state index in [0.29, 0.717) is 23.7 Å². The van der Waals surface area contributed by atoms with Crippen LogP contribution in [0.3, 0.4) is 0 Å². The summed E-state index contributed by atoms with van der Waals surface area (Å²) < 4.78 is 5.21. The van der Waals surface area contributed by atoms with Gasteiger partial charge in [0, 0.05) is 11.1 Å². The lowest BCUT2D eigenvalue weighted by Gasteiger charge is -2.09. The minimum absolute atomic E-state index is 0.269. The molecule has 3 rings (SSSR count). The Hall–Kier alpha value is -2.82. The number of para-hydroxylation sites is 1. The van der Waals surface area contributed by atoms with Crippen LogP contribution in [0, 0.1) is 0 Å². The highest BCUT2D eigenvalue weighted by Crippen LogP contribution is 2.18. The first-order chi connectivity index (χ1) is 11.1. The van der Waals surface area contributed by atoms with Crippen molar-refractivity contribution in [3.63, 3.8) is 0 Å². The lowest BCUT2D eigenvalue weighted by molar-refractivity contribution is 0.251. The fraction of sp³-hybridized carbons (Fsp3) is 0.222. The van der Waals surface area contributed by atoms with Crippen molar-refractivity contribution in [2.45, 2.75) is 26.3 Å². The van der Waals surface area contributed by atoms with Crippen molar-refractivity contribution in [1.29, 1.82) is 0 Å². The minimum Gasteiger partial charge on any atom is -0.356 e. The van der Waals surface area contributed by atoms with Gasteiger partial charge < -0.3 is 15.2 Å². The zero-order valence-corrected chi connectivity index (χ0v) is 13.2. The summed E-state index contributed by atoms with van der Waals surface area (Å²) in [5, 5.41) is 10.5. The molecule has 0 radical (unpaired) electrons. The summed E-state index contributed by atoms with van der Waals surface area (Å²) in [6, 6.07) is 15.2. The minimum atomic E-state index is -0.269. The molecule has 0 atom stereocenters. The Morgan fingerprint density at radius 3 is 2.61 bits per heavy atom. The first-order valence-corrected chi connectivity index (χ1v) is 7.61. The third-order valence-electron chi connectivity index (χ3n) is 3.70. The SMILES string of the molecule is CC(C)c1ccc(NC(=O)NCc2noc3ccccc23)cc1. The second kappa shape index (κ2) is 6.52. The number of carbonyl (C=O) groups excluding carboxylic acids is 1. The van der Waals surface area contributed by atoms with Crippen molar-refractivity contribution in [2.75, 3.05) is 5.32 Å². The van der Waals surface area contributed by atoms with Crippen LogP contribution in [0.5, 0.6) is 0 Å². The van der Waals surface area contributed by atoms with Gasteiger partial charge in [-0.25, -0.2) is 4.79 Å². The molecule has 2 amide bonds. The summed E-state index contributed by atoms with van der Waals surface area (Å²) in [7, 11) is 0. The molecular formula is C18H19N3O2. The van der Waals surface area contributed by atoms with E-state index >= 15 is 0 Å². The first kappa shape index (κ1) is 15.1. The predicted octanol–water partition coefficient (Wildman–Crippen LogP) is 4.27. The van der Waals surface area contributed by atoms with Crippen LogP contribution >= 0.6 is 0 Å². The summed E-state index contributed by atoms with van der Waals surface area (Å²) in [5.74, 6) is 0.471. The monoisotopic (exact) mass is 309 g/mol. The molecule has 1 aromatic heterocycles. The number of nitrogens with one attached hydrogen (secondary N) is 2. The van der Waals surface area contributed by atoms with Crippen LogP contribution < -0.4 is 10.6 Å². The molecule has 1 heterocycles. The Balaban J connectivity index is 1.59. The largest absolute Gasteiger partial charge is 0.356 e. The maximum Gasteiger partial charge on any atom is 0.319 e. The number of fused-ring (bicyclic) bond motifs is 1. The van der Waals surface area contributed by atoms with Gasteiger partial charge in [-0.3, -0.25) is 0 Å². The van der Waals surface area contributed by atoms with E-state index in [1.807, 2.05) is 48.5 Å². The molecule has 23 heavy (non-hydrogen) atoms. The van der Waals surface area contributed by atoms with Crippen LogP contribution in [-0.2, 0) is 6.54 Å². The van der Waals surface area contributed by atoms with E-state index in [1.165, 1.54) is 5.56 Å². The van der Waals surface area contributed by atoms with E-state index in [9.17, 15) is 4.79 Å². The maximum absolute atomic E-state index is 12.0. The standard InChI is InChI=1S/C18H19N3O2/c1-12(2)13-7-9-14(10-8-13)20-18(22)19-11-16-15-5-3-4-6-17(15)23-21-16/h3-10,12H,11H2,1-2H3,(H2,19,20,22). The van der Waals surface area contributed by atoms with Crippen LogP contribution in [0.2, 0.25) is 0 Å². The topological polar surface area (TPSA) is 67.2 Å². The van der Waals surface area contributed by atoms with Gasteiger partial charge >= 0.3 is 6.03 Å². The number of amides is 2. The second-order valence-corrected chi connectivity index (χ2v) is 5.71. The number of hydrogen-bond acceptors (Lipinski definition) is 3. The van der Waals surface area contributed by atoms with Crippen molar-refractivity contribution in [3.8, 4) is 0 Å². The van der Waals surface area contributed by atoms with E-state index in [1.54, 1.807) is 0 Å². The number of anilines is 1. The Bertz CT molecular complexity index is 807. The molecule has 5 heteroatoms. The number of aromatic nitrogens is 1. The van der Waals surface area contributed by atoms with Crippen LogP contribution in [0.4, 0.5) is 10.5 Å². The molecular weight excluding hydrogens is 290 g/mol. The molecule has 118 valence electrons. The third-order valence-corrected chi connectivity index (χ3v) is 3.70. The maximum atomic E-state index is 12.0. The van der Waals surface area contributed by atoms with Gasteiger partial charge in [-0.15, -0.1) is 0 Å². The van der Waals surface area contributed by atoms with Crippen LogP contribution in [0.25, 0.3) is 11.0 Å². The van der Waals surface area contributed by atoms with Gasteiger partial charge in [0.05, 0.1) is 6.54 Å². The van der Waals surface area contributed by atoms with E-state index < -0.39 is 0 Å². The van der Waals surface area contributed by atoms with E-state index in [-0.39, 0.29) is 6.03 Å². The van der Waals surface area contributed by atoms with Crippen molar-refractivity contribution in [1.82, 2.24) is 10.5 Å². The molecule has 0 aliphatic rings. The molecule has 5 nitrogen and oxygen atoms in total. The Morgan fingerprint density at radius 2 is 1.87 bits per heavy atom. The summed E-state index contributed by atoms with van der Waals surface area (Å²) in [5.41, 5.74) is 3.43. The quantitative estimate of drug-likeness (QED) is 0.756. The first-order valence-electron chi connectivity index (χ1n) is 7.61. The van der Waals surface area contributed by atoms with Crippen LogP contribution in [0.1, 0.15) is 31.0 Å². The van der Waals surface area contributed by atoms with Crippen molar-refractivity contribution < 1.29 is 9.32 Å². The van der Waals surface area contributed by atoms with E-state index in [4.69, 9.17) is 4.52 Å². The Labute approximate surface area is 134 Å².